The fraction of sp³-hybridized carbons (Fsp3) is 0.364. The van der Waals surface area contributed by atoms with E-state index in [1.807, 2.05) is 0 Å². The first-order chi connectivity index (χ1) is 8.29. The highest BCUT2D eigenvalue weighted by Crippen LogP contribution is 2.24. The molecule has 0 spiro atoms. The van der Waals surface area contributed by atoms with Crippen LogP contribution in [-0.4, -0.2) is 23.9 Å². The number of hydrogen-bond acceptors (Lipinski definition) is 2. The second-order valence-electron chi connectivity index (χ2n) is 3.51. The Kier molecular flexibility index (Phi) is 5.01. The summed E-state index contributed by atoms with van der Waals surface area (Å²) < 4.78 is 41.0. The number of halogens is 4. The Morgan fingerprint density at radius 2 is 2.06 bits per heavy atom. The van der Waals surface area contributed by atoms with E-state index in [-0.39, 0.29) is 24.3 Å². The van der Waals surface area contributed by atoms with Gasteiger partial charge in [-0.2, -0.15) is 13.2 Å². The van der Waals surface area contributed by atoms with Crippen LogP contribution in [0.15, 0.2) is 22.7 Å². The summed E-state index contributed by atoms with van der Waals surface area (Å²) in [6.07, 6.45) is -5.29. The van der Waals surface area contributed by atoms with Gasteiger partial charge in [-0.1, -0.05) is 0 Å². The molecule has 18 heavy (non-hydrogen) atoms. The zero-order valence-corrected chi connectivity index (χ0v) is 10.7. The molecule has 7 heteroatoms. The van der Waals surface area contributed by atoms with Gasteiger partial charge >= 0.3 is 12.1 Å². The number of benzene rings is 1. The average molecular weight is 327 g/mol. The second-order valence-corrected chi connectivity index (χ2v) is 4.37. The molecule has 0 atom stereocenters. The van der Waals surface area contributed by atoms with Crippen molar-refractivity contribution in [3.63, 3.8) is 0 Å². The van der Waals surface area contributed by atoms with Crippen LogP contribution in [0.25, 0.3) is 0 Å². The SMILES string of the molecule is O=C(O)c1cc(OCCCC(F)(F)F)ccc1Br. The van der Waals surface area contributed by atoms with Crippen molar-refractivity contribution in [2.24, 2.45) is 0 Å². The van der Waals surface area contributed by atoms with Crippen LogP contribution in [0.2, 0.25) is 0 Å². The number of carboxylic acids is 1. The third-order valence-corrected chi connectivity index (χ3v) is 2.73. The Balaban J connectivity index is 2.53. The van der Waals surface area contributed by atoms with Crippen molar-refractivity contribution in [1.82, 2.24) is 0 Å². The van der Waals surface area contributed by atoms with Gasteiger partial charge < -0.3 is 9.84 Å². The van der Waals surface area contributed by atoms with Crippen LogP contribution in [-0.2, 0) is 0 Å². The van der Waals surface area contributed by atoms with Crippen LogP contribution in [0.1, 0.15) is 23.2 Å². The van der Waals surface area contributed by atoms with Crippen molar-refractivity contribution in [2.75, 3.05) is 6.61 Å². The highest BCUT2D eigenvalue weighted by atomic mass is 79.9. The predicted octanol–water partition coefficient (Wildman–Crippen LogP) is 3.87. The molecule has 3 nitrogen and oxygen atoms in total. The molecular formula is C11H10BrF3O3. The van der Waals surface area contributed by atoms with E-state index in [0.717, 1.165) is 0 Å². The van der Waals surface area contributed by atoms with Gasteiger partial charge in [0.1, 0.15) is 5.75 Å². The molecule has 0 saturated heterocycles. The monoisotopic (exact) mass is 326 g/mol. The van der Waals surface area contributed by atoms with Gasteiger partial charge in [-0.3, -0.25) is 0 Å². The molecule has 0 aromatic heterocycles. The molecule has 1 aromatic rings. The minimum Gasteiger partial charge on any atom is -0.494 e. The molecule has 0 amide bonds. The van der Waals surface area contributed by atoms with Gasteiger partial charge in [0.25, 0.3) is 0 Å². The number of carbonyl (C=O) groups is 1. The average Bonchev–Trinajstić information content (AvgIpc) is 2.24. The van der Waals surface area contributed by atoms with Crippen LogP contribution in [0.3, 0.4) is 0 Å². The van der Waals surface area contributed by atoms with Gasteiger partial charge in [0.2, 0.25) is 0 Å². The molecule has 0 bridgehead atoms. The molecule has 0 saturated carbocycles. The van der Waals surface area contributed by atoms with Crippen LogP contribution < -0.4 is 4.74 Å². The molecule has 100 valence electrons. The van der Waals surface area contributed by atoms with Crippen LogP contribution in [0.5, 0.6) is 5.75 Å². The molecule has 0 unspecified atom stereocenters. The Bertz CT molecular complexity index is 432. The highest BCUT2D eigenvalue weighted by Gasteiger charge is 2.26. The summed E-state index contributed by atoms with van der Waals surface area (Å²) in [6.45, 7) is -0.111. The maximum absolute atomic E-state index is 11.9. The van der Waals surface area contributed by atoms with Crippen molar-refractivity contribution < 1.29 is 27.8 Å². The maximum atomic E-state index is 11.9. The fourth-order valence-corrected chi connectivity index (χ4v) is 1.64. The molecule has 0 aliphatic carbocycles. The van der Waals surface area contributed by atoms with Crippen molar-refractivity contribution in [3.8, 4) is 5.75 Å². The fourth-order valence-electron chi connectivity index (χ4n) is 1.22. The van der Waals surface area contributed by atoms with Crippen molar-refractivity contribution >= 4 is 21.9 Å². The summed E-state index contributed by atoms with van der Waals surface area (Å²) in [5, 5.41) is 8.83. The number of rotatable bonds is 5. The molecule has 1 N–H and O–H groups in total. The number of ether oxygens (including phenoxy) is 1. The van der Waals surface area contributed by atoms with Gasteiger partial charge in [0, 0.05) is 10.9 Å². The molecule has 0 aliphatic heterocycles. The summed E-state index contributed by atoms with van der Waals surface area (Å²) in [5.41, 5.74) is 0.00308. The minimum absolute atomic E-state index is 0.00308. The van der Waals surface area contributed by atoms with E-state index in [9.17, 15) is 18.0 Å². The summed E-state index contributed by atoms with van der Waals surface area (Å²) in [7, 11) is 0. The lowest BCUT2D eigenvalue weighted by atomic mass is 10.2. The van der Waals surface area contributed by atoms with Gasteiger partial charge in [0.05, 0.1) is 12.2 Å². The third kappa shape index (κ3) is 4.95. The van der Waals surface area contributed by atoms with Gasteiger partial charge in [-0.25, -0.2) is 4.79 Å². The lowest BCUT2D eigenvalue weighted by Gasteiger charge is -2.09. The first-order valence-corrected chi connectivity index (χ1v) is 5.81. The van der Waals surface area contributed by atoms with Crippen LogP contribution >= 0.6 is 15.9 Å². The first kappa shape index (κ1) is 14.8. The summed E-state index contributed by atoms with van der Waals surface area (Å²) in [6, 6.07) is 4.23. The summed E-state index contributed by atoms with van der Waals surface area (Å²) >= 11 is 3.05. The second kappa shape index (κ2) is 6.08. The lowest BCUT2D eigenvalue weighted by molar-refractivity contribution is -0.136. The zero-order valence-electron chi connectivity index (χ0n) is 9.13. The lowest BCUT2D eigenvalue weighted by Crippen LogP contribution is -2.10. The van der Waals surface area contributed by atoms with E-state index in [1.54, 1.807) is 0 Å². The molecule has 1 rings (SSSR count). The van der Waals surface area contributed by atoms with E-state index in [4.69, 9.17) is 9.84 Å². The molecule has 0 aliphatic rings. The molecular weight excluding hydrogens is 317 g/mol. The van der Waals surface area contributed by atoms with Crippen molar-refractivity contribution in [3.05, 3.63) is 28.2 Å². The number of carboxylic acid groups (broad SMARTS) is 1. The Hall–Kier alpha value is -1.24. The zero-order chi connectivity index (χ0) is 13.8. The Morgan fingerprint density at radius 3 is 2.61 bits per heavy atom. The standard InChI is InChI=1S/C11H10BrF3O3/c12-9-3-2-7(6-8(9)10(16)17)18-5-1-4-11(13,14)15/h2-3,6H,1,4-5H2,(H,16,17). The molecule has 0 heterocycles. The van der Waals surface area contributed by atoms with E-state index in [1.165, 1.54) is 18.2 Å². The quantitative estimate of drug-likeness (QED) is 0.835. The van der Waals surface area contributed by atoms with Gasteiger partial charge in [-0.05, 0) is 40.5 Å². The summed E-state index contributed by atoms with van der Waals surface area (Å²) in [4.78, 5) is 10.8. The molecule has 0 fully saturated rings. The van der Waals surface area contributed by atoms with E-state index in [0.29, 0.717) is 4.47 Å². The van der Waals surface area contributed by atoms with Crippen LogP contribution in [0.4, 0.5) is 13.2 Å². The number of hydrogen-bond donors (Lipinski definition) is 1. The normalized spacial score (nSPS) is 11.3. The van der Waals surface area contributed by atoms with Gasteiger partial charge in [0.15, 0.2) is 0 Å². The largest absolute Gasteiger partial charge is 0.494 e. The third-order valence-electron chi connectivity index (χ3n) is 2.04. The van der Waals surface area contributed by atoms with E-state index >= 15 is 0 Å². The molecule has 1 aromatic carbocycles. The van der Waals surface area contributed by atoms with E-state index in [2.05, 4.69) is 15.9 Å². The van der Waals surface area contributed by atoms with E-state index < -0.39 is 18.6 Å². The highest BCUT2D eigenvalue weighted by molar-refractivity contribution is 9.10. The van der Waals surface area contributed by atoms with Gasteiger partial charge in [-0.15, -0.1) is 0 Å². The molecule has 0 radical (unpaired) electrons. The van der Waals surface area contributed by atoms with Crippen LogP contribution in [0, 0.1) is 0 Å². The van der Waals surface area contributed by atoms with Crippen molar-refractivity contribution in [2.45, 2.75) is 19.0 Å². The minimum atomic E-state index is -4.20. The predicted molar refractivity (Wildman–Crippen MR) is 61.9 cm³/mol. The topological polar surface area (TPSA) is 46.5 Å². The first-order valence-electron chi connectivity index (χ1n) is 5.02. The van der Waals surface area contributed by atoms with Crippen molar-refractivity contribution in [1.29, 1.82) is 0 Å². The number of alkyl halides is 3. The Labute approximate surface area is 110 Å². The summed E-state index contributed by atoms with van der Waals surface area (Å²) in [5.74, 6) is -0.902. The maximum Gasteiger partial charge on any atom is 0.389 e. The smallest absolute Gasteiger partial charge is 0.389 e. The number of aromatic carboxylic acids is 1. The Morgan fingerprint density at radius 1 is 1.39 bits per heavy atom.